The third-order valence-electron chi connectivity index (χ3n) is 5.54. The van der Waals surface area contributed by atoms with E-state index in [2.05, 4.69) is 15.9 Å². The summed E-state index contributed by atoms with van der Waals surface area (Å²) in [6.07, 6.45) is 0. The minimum absolute atomic E-state index is 0.0345. The number of carbonyl (C=O) groups excluding carboxylic acids is 2. The molecule has 9 heteroatoms. The molecular formula is C26H20BrF2NO5. The Morgan fingerprint density at radius 3 is 2.49 bits per heavy atom. The van der Waals surface area contributed by atoms with Crippen LogP contribution in [0.4, 0.5) is 14.5 Å². The first-order valence-corrected chi connectivity index (χ1v) is 11.4. The molecule has 0 saturated carbocycles. The molecule has 35 heavy (non-hydrogen) atoms. The van der Waals surface area contributed by atoms with Crippen LogP contribution in [-0.2, 0) is 9.59 Å². The van der Waals surface area contributed by atoms with E-state index in [1.165, 1.54) is 19.2 Å². The van der Waals surface area contributed by atoms with Crippen LogP contribution in [0.1, 0.15) is 24.1 Å². The van der Waals surface area contributed by atoms with Gasteiger partial charge in [0.05, 0.1) is 29.8 Å². The SMILES string of the molecule is CCOc1cccc(C2/C(=C(\O)c3ccc(OC)c(Br)c3)C(=O)C(=O)N2c2ccc(F)c(F)c2)c1. The zero-order valence-electron chi connectivity index (χ0n) is 18.7. The molecule has 0 bridgehead atoms. The van der Waals surface area contributed by atoms with E-state index in [1.54, 1.807) is 36.4 Å². The molecule has 1 heterocycles. The van der Waals surface area contributed by atoms with E-state index < -0.39 is 35.1 Å². The van der Waals surface area contributed by atoms with Gasteiger partial charge < -0.3 is 14.6 Å². The molecule has 0 radical (unpaired) electrons. The highest BCUT2D eigenvalue weighted by Crippen LogP contribution is 2.43. The molecule has 0 aromatic heterocycles. The lowest BCUT2D eigenvalue weighted by Gasteiger charge is -2.26. The number of nitrogens with zero attached hydrogens (tertiary/aromatic N) is 1. The molecule has 1 aliphatic heterocycles. The van der Waals surface area contributed by atoms with E-state index in [0.717, 1.165) is 17.0 Å². The number of halogens is 3. The van der Waals surface area contributed by atoms with Gasteiger partial charge in [-0.2, -0.15) is 0 Å². The average molecular weight is 544 g/mol. The number of hydrogen-bond acceptors (Lipinski definition) is 5. The third kappa shape index (κ3) is 4.51. The molecule has 1 unspecified atom stereocenters. The summed E-state index contributed by atoms with van der Waals surface area (Å²) >= 11 is 3.35. The quantitative estimate of drug-likeness (QED) is 0.243. The van der Waals surface area contributed by atoms with Gasteiger partial charge in [0.25, 0.3) is 11.7 Å². The first-order chi connectivity index (χ1) is 16.8. The van der Waals surface area contributed by atoms with Gasteiger partial charge in [-0.15, -0.1) is 0 Å². The van der Waals surface area contributed by atoms with Crippen molar-refractivity contribution in [3.63, 3.8) is 0 Å². The lowest BCUT2D eigenvalue weighted by Crippen LogP contribution is -2.29. The molecule has 1 N–H and O–H groups in total. The lowest BCUT2D eigenvalue weighted by molar-refractivity contribution is -0.132. The number of Topliss-reactive ketones (excluding diaryl/α,β-unsaturated/α-hetero) is 1. The summed E-state index contributed by atoms with van der Waals surface area (Å²) in [6.45, 7) is 2.19. The van der Waals surface area contributed by atoms with Crippen molar-refractivity contribution in [2.45, 2.75) is 13.0 Å². The standard InChI is InChI=1S/C26H20BrF2NO5/c1-3-35-17-6-4-5-14(11-17)23-22(24(31)15-7-10-21(34-2)18(27)12-15)25(32)26(33)30(23)16-8-9-19(28)20(29)13-16/h4-13,23,31H,3H2,1-2H3/b24-22+. The number of aliphatic hydroxyl groups is 1. The number of carbonyl (C=O) groups is 2. The van der Waals surface area contributed by atoms with Crippen molar-refractivity contribution in [1.29, 1.82) is 0 Å². The van der Waals surface area contributed by atoms with Gasteiger partial charge in [0.15, 0.2) is 11.6 Å². The molecular weight excluding hydrogens is 524 g/mol. The summed E-state index contributed by atoms with van der Waals surface area (Å²) in [5, 5.41) is 11.2. The molecule has 0 aliphatic carbocycles. The van der Waals surface area contributed by atoms with Gasteiger partial charge in [-0.1, -0.05) is 12.1 Å². The van der Waals surface area contributed by atoms with Crippen molar-refractivity contribution >= 4 is 39.1 Å². The molecule has 1 saturated heterocycles. The lowest BCUT2D eigenvalue weighted by atomic mass is 9.95. The van der Waals surface area contributed by atoms with Gasteiger partial charge in [0.2, 0.25) is 0 Å². The predicted molar refractivity (Wildman–Crippen MR) is 129 cm³/mol. The number of rotatable bonds is 6. The summed E-state index contributed by atoms with van der Waals surface area (Å²) in [7, 11) is 1.48. The van der Waals surface area contributed by atoms with Crippen LogP contribution in [0.25, 0.3) is 5.76 Å². The van der Waals surface area contributed by atoms with E-state index in [0.29, 0.717) is 28.1 Å². The Kier molecular flexibility index (Phi) is 6.88. The van der Waals surface area contributed by atoms with Crippen molar-refractivity contribution in [3.05, 3.63) is 93.5 Å². The van der Waals surface area contributed by atoms with Crippen LogP contribution >= 0.6 is 15.9 Å². The molecule has 1 atom stereocenters. The summed E-state index contributed by atoms with van der Waals surface area (Å²) in [5.74, 6) is -3.67. The molecule has 180 valence electrons. The number of benzene rings is 3. The van der Waals surface area contributed by atoms with E-state index >= 15 is 0 Å². The van der Waals surface area contributed by atoms with Crippen LogP contribution in [0.3, 0.4) is 0 Å². The number of aliphatic hydroxyl groups excluding tert-OH is 1. The molecule has 6 nitrogen and oxygen atoms in total. The van der Waals surface area contributed by atoms with E-state index in [-0.39, 0.29) is 16.8 Å². The van der Waals surface area contributed by atoms with Crippen molar-refractivity contribution in [2.24, 2.45) is 0 Å². The van der Waals surface area contributed by atoms with Gasteiger partial charge in [-0.05, 0) is 70.9 Å². The fraction of sp³-hybridized carbons (Fsp3) is 0.154. The number of hydrogen-bond donors (Lipinski definition) is 1. The maximum Gasteiger partial charge on any atom is 0.300 e. The van der Waals surface area contributed by atoms with Gasteiger partial charge in [-0.25, -0.2) is 8.78 Å². The van der Waals surface area contributed by atoms with E-state index in [4.69, 9.17) is 9.47 Å². The summed E-state index contributed by atoms with van der Waals surface area (Å²) in [6, 6.07) is 13.1. The topological polar surface area (TPSA) is 76.1 Å². The number of amides is 1. The van der Waals surface area contributed by atoms with Crippen molar-refractivity contribution in [3.8, 4) is 11.5 Å². The Balaban J connectivity index is 1.95. The Labute approximate surface area is 208 Å². The fourth-order valence-corrected chi connectivity index (χ4v) is 4.50. The average Bonchev–Trinajstić information content (AvgIpc) is 3.11. The normalized spacial score (nSPS) is 17.1. The molecule has 4 rings (SSSR count). The number of ketones is 1. The second-order valence-corrected chi connectivity index (χ2v) is 8.48. The maximum absolute atomic E-state index is 14.1. The van der Waals surface area contributed by atoms with Gasteiger partial charge in [0.1, 0.15) is 17.3 Å². The minimum Gasteiger partial charge on any atom is -0.507 e. The molecule has 3 aromatic carbocycles. The second-order valence-electron chi connectivity index (χ2n) is 7.62. The monoisotopic (exact) mass is 543 g/mol. The summed E-state index contributed by atoms with van der Waals surface area (Å²) in [5.41, 5.74) is 0.458. The van der Waals surface area contributed by atoms with Crippen LogP contribution in [0.2, 0.25) is 0 Å². The van der Waals surface area contributed by atoms with E-state index in [1.807, 2.05) is 6.92 Å². The van der Waals surface area contributed by atoms with Gasteiger partial charge >= 0.3 is 0 Å². The molecule has 0 spiro atoms. The van der Waals surface area contributed by atoms with Crippen molar-refractivity contribution < 1.29 is 33.0 Å². The number of ether oxygens (including phenoxy) is 2. The van der Waals surface area contributed by atoms with Crippen LogP contribution in [0, 0.1) is 11.6 Å². The predicted octanol–water partition coefficient (Wildman–Crippen LogP) is 5.76. The molecule has 1 amide bonds. The zero-order chi connectivity index (χ0) is 25.3. The fourth-order valence-electron chi connectivity index (χ4n) is 3.96. The molecule has 1 aliphatic rings. The van der Waals surface area contributed by atoms with Crippen LogP contribution < -0.4 is 14.4 Å². The van der Waals surface area contributed by atoms with Crippen molar-refractivity contribution in [2.75, 3.05) is 18.6 Å². The van der Waals surface area contributed by atoms with Crippen LogP contribution in [0.5, 0.6) is 11.5 Å². The minimum atomic E-state index is -1.18. The first-order valence-electron chi connectivity index (χ1n) is 10.6. The zero-order valence-corrected chi connectivity index (χ0v) is 20.3. The smallest absolute Gasteiger partial charge is 0.300 e. The Hall–Kier alpha value is -3.72. The van der Waals surface area contributed by atoms with E-state index in [9.17, 15) is 23.5 Å². The Morgan fingerprint density at radius 1 is 1.06 bits per heavy atom. The molecule has 1 fully saturated rings. The number of anilines is 1. The number of methoxy groups -OCH3 is 1. The highest BCUT2D eigenvalue weighted by atomic mass is 79.9. The van der Waals surface area contributed by atoms with Crippen molar-refractivity contribution in [1.82, 2.24) is 0 Å². The van der Waals surface area contributed by atoms with Gasteiger partial charge in [-0.3, -0.25) is 14.5 Å². The third-order valence-corrected chi connectivity index (χ3v) is 6.16. The van der Waals surface area contributed by atoms with Crippen LogP contribution in [-0.4, -0.2) is 30.5 Å². The molecule has 3 aromatic rings. The first kappa shape index (κ1) is 24.4. The Morgan fingerprint density at radius 2 is 1.83 bits per heavy atom. The van der Waals surface area contributed by atoms with Crippen LogP contribution in [0.15, 0.2) is 70.7 Å². The summed E-state index contributed by atoms with van der Waals surface area (Å²) < 4.78 is 39.0. The Bertz CT molecular complexity index is 1360. The maximum atomic E-state index is 14.1. The summed E-state index contributed by atoms with van der Waals surface area (Å²) in [4.78, 5) is 27.4. The second kappa shape index (κ2) is 9.87. The largest absolute Gasteiger partial charge is 0.507 e. The highest BCUT2D eigenvalue weighted by molar-refractivity contribution is 9.10. The highest BCUT2D eigenvalue weighted by Gasteiger charge is 2.47. The van der Waals surface area contributed by atoms with Gasteiger partial charge in [0, 0.05) is 17.3 Å².